The molecule has 0 unspecified atom stereocenters. The Hall–Kier alpha value is -2.82. The molecule has 0 atom stereocenters. The third-order valence-electron chi connectivity index (χ3n) is 4.16. The SMILES string of the molecule is CCOC(=O)CCCCNC(=O)c1ccc(Cc2cccc(OC)c2)cc1. The summed E-state index contributed by atoms with van der Waals surface area (Å²) in [7, 11) is 1.66. The number of unbranched alkanes of at least 4 members (excludes halogenated alkanes) is 1. The Labute approximate surface area is 160 Å². The maximum Gasteiger partial charge on any atom is 0.305 e. The Morgan fingerprint density at radius 2 is 1.78 bits per heavy atom. The van der Waals surface area contributed by atoms with E-state index in [0.717, 1.165) is 29.7 Å². The van der Waals surface area contributed by atoms with Crippen molar-refractivity contribution in [1.82, 2.24) is 5.32 Å². The summed E-state index contributed by atoms with van der Waals surface area (Å²) < 4.78 is 10.1. The van der Waals surface area contributed by atoms with Crippen LogP contribution in [0.2, 0.25) is 0 Å². The van der Waals surface area contributed by atoms with E-state index in [1.54, 1.807) is 14.0 Å². The summed E-state index contributed by atoms with van der Waals surface area (Å²) in [5.41, 5.74) is 2.93. The van der Waals surface area contributed by atoms with Gasteiger partial charge in [-0.15, -0.1) is 0 Å². The van der Waals surface area contributed by atoms with Crippen LogP contribution in [0.15, 0.2) is 48.5 Å². The van der Waals surface area contributed by atoms with E-state index in [1.165, 1.54) is 0 Å². The second kappa shape index (κ2) is 11.0. The van der Waals surface area contributed by atoms with Gasteiger partial charge in [0.1, 0.15) is 5.75 Å². The molecule has 27 heavy (non-hydrogen) atoms. The molecule has 0 aromatic heterocycles. The van der Waals surface area contributed by atoms with E-state index in [2.05, 4.69) is 11.4 Å². The zero-order valence-corrected chi connectivity index (χ0v) is 16.0. The average Bonchev–Trinajstić information content (AvgIpc) is 2.68. The second-order valence-electron chi connectivity index (χ2n) is 6.24. The fraction of sp³-hybridized carbons (Fsp3) is 0.364. The molecule has 0 radical (unpaired) electrons. The summed E-state index contributed by atoms with van der Waals surface area (Å²) in [6, 6.07) is 15.6. The monoisotopic (exact) mass is 369 g/mol. The van der Waals surface area contributed by atoms with E-state index >= 15 is 0 Å². The molecule has 1 N–H and O–H groups in total. The molecule has 0 aliphatic heterocycles. The lowest BCUT2D eigenvalue weighted by Gasteiger charge is -2.07. The molecule has 2 rings (SSSR count). The molecule has 5 heteroatoms. The number of rotatable bonds is 10. The highest BCUT2D eigenvalue weighted by Gasteiger charge is 2.06. The Bertz CT molecular complexity index is 740. The highest BCUT2D eigenvalue weighted by molar-refractivity contribution is 5.94. The molecule has 1 amide bonds. The third kappa shape index (κ3) is 7.13. The number of hydrogen-bond acceptors (Lipinski definition) is 4. The van der Waals surface area contributed by atoms with Crippen molar-refractivity contribution in [2.75, 3.05) is 20.3 Å². The summed E-state index contributed by atoms with van der Waals surface area (Å²) in [5.74, 6) is 0.556. The van der Waals surface area contributed by atoms with Gasteiger partial charge in [-0.05, 0) is 61.6 Å². The van der Waals surface area contributed by atoms with Crippen LogP contribution in [0.5, 0.6) is 5.75 Å². The number of benzene rings is 2. The molecular formula is C22H27NO4. The van der Waals surface area contributed by atoms with Crippen LogP contribution < -0.4 is 10.1 Å². The van der Waals surface area contributed by atoms with Gasteiger partial charge in [0.2, 0.25) is 0 Å². The topological polar surface area (TPSA) is 64.6 Å². The van der Waals surface area contributed by atoms with Crippen LogP contribution in [0.3, 0.4) is 0 Å². The van der Waals surface area contributed by atoms with Gasteiger partial charge in [0.15, 0.2) is 0 Å². The van der Waals surface area contributed by atoms with Crippen molar-refractivity contribution in [2.24, 2.45) is 0 Å². The molecule has 0 saturated carbocycles. The molecule has 144 valence electrons. The summed E-state index contributed by atoms with van der Waals surface area (Å²) in [5, 5.41) is 2.88. The fourth-order valence-corrected chi connectivity index (χ4v) is 2.72. The Balaban J connectivity index is 1.77. The Kier molecular flexibility index (Phi) is 8.36. The lowest BCUT2D eigenvalue weighted by molar-refractivity contribution is -0.143. The minimum Gasteiger partial charge on any atom is -0.497 e. The smallest absolute Gasteiger partial charge is 0.305 e. The number of amides is 1. The van der Waals surface area contributed by atoms with Crippen LogP contribution in [-0.4, -0.2) is 32.1 Å². The quantitative estimate of drug-likeness (QED) is 0.512. The normalized spacial score (nSPS) is 10.3. The lowest BCUT2D eigenvalue weighted by Crippen LogP contribution is -2.24. The first-order chi connectivity index (χ1) is 13.1. The minimum atomic E-state index is -0.185. The number of ether oxygens (including phenoxy) is 2. The largest absolute Gasteiger partial charge is 0.497 e. The molecule has 0 heterocycles. The first-order valence-corrected chi connectivity index (χ1v) is 9.28. The number of methoxy groups -OCH3 is 1. The predicted octanol–water partition coefficient (Wildman–Crippen LogP) is 3.75. The van der Waals surface area contributed by atoms with Crippen molar-refractivity contribution in [3.05, 3.63) is 65.2 Å². The zero-order chi connectivity index (χ0) is 19.5. The summed E-state index contributed by atoms with van der Waals surface area (Å²) in [4.78, 5) is 23.4. The molecule has 0 bridgehead atoms. The van der Waals surface area contributed by atoms with Gasteiger partial charge in [0.05, 0.1) is 13.7 Å². The van der Waals surface area contributed by atoms with Gasteiger partial charge in [0, 0.05) is 18.5 Å². The number of esters is 1. The number of nitrogens with one attached hydrogen (secondary N) is 1. The van der Waals surface area contributed by atoms with Crippen LogP contribution >= 0.6 is 0 Å². The highest BCUT2D eigenvalue weighted by Crippen LogP contribution is 2.16. The standard InChI is InChI=1S/C22H27NO4/c1-3-27-21(24)9-4-5-14-23-22(25)19-12-10-17(11-13-19)15-18-7-6-8-20(16-18)26-2/h6-8,10-13,16H,3-5,9,14-15H2,1-2H3,(H,23,25). The maximum atomic E-state index is 12.2. The number of carbonyl (C=O) groups is 2. The summed E-state index contributed by atoms with van der Waals surface area (Å²) in [6.45, 7) is 2.74. The van der Waals surface area contributed by atoms with Gasteiger partial charge < -0.3 is 14.8 Å². The molecule has 0 aliphatic rings. The van der Waals surface area contributed by atoms with Crippen LogP contribution in [0, 0.1) is 0 Å². The number of carbonyl (C=O) groups excluding carboxylic acids is 2. The van der Waals surface area contributed by atoms with Crippen molar-refractivity contribution >= 4 is 11.9 Å². The van der Waals surface area contributed by atoms with Crippen molar-refractivity contribution < 1.29 is 19.1 Å². The predicted molar refractivity (Wildman–Crippen MR) is 105 cm³/mol. The van der Waals surface area contributed by atoms with E-state index in [-0.39, 0.29) is 11.9 Å². The zero-order valence-electron chi connectivity index (χ0n) is 16.0. The average molecular weight is 369 g/mol. The summed E-state index contributed by atoms with van der Waals surface area (Å²) in [6.07, 6.45) is 2.63. The second-order valence-corrected chi connectivity index (χ2v) is 6.24. The van der Waals surface area contributed by atoms with Gasteiger partial charge in [-0.2, -0.15) is 0 Å². The van der Waals surface area contributed by atoms with E-state index in [1.807, 2.05) is 42.5 Å². The van der Waals surface area contributed by atoms with Gasteiger partial charge in [-0.25, -0.2) is 0 Å². The van der Waals surface area contributed by atoms with Gasteiger partial charge in [-0.3, -0.25) is 9.59 Å². The van der Waals surface area contributed by atoms with E-state index in [0.29, 0.717) is 31.6 Å². The molecule has 2 aromatic rings. The van der Waals surface area contributed by atoms with Gasteiger partial charge in [0.25, 0.3) is 5.91 Å². The van der Waals surface area contributed by atoms with Crippen LogP contribution in [-0.2, 0) is 16.0 Å². The molecule has 0 spiro atoms. The van der Waals surface area contributed by atoms with Crippen LogP contribution in [0.1, 0.15) is 47.7 Å². The van der Waals surface area contributed by atoms with Crippen molar-refractivity contribution in [2.45, 2.75) is 32.6 Å². The van der Waals surface area contributed by atoms with E-state index < -0.39 is 0 Å². The highest BCUT2D eigenvalue weighted by atomic mass is 16.5. The molecule has 0 fully saturated rings. The van der Waals surface area contributed by atoms with Crippen molar-refractivity contribution in [1.29, 1.82) is 0 Å². The third-order valence-corrected chi connectivity index (χ3v) is 4.16. The minimum absolute atomic E-state index is 0.0981. The number of hydrogen-bond donors (Lipinski definition) is 1. The van der Waals surface area contributed by atoms with Gasteiger partial charge in [-0.1, -0.05) is 24.3 Å². The Morgan fingerprint density at radius 1 is 1.00 bits per heavy atom. The molecule has 2 aromatic carbocycles. The first-order valence-electron chi connectivity index (χ1n) is 9.28. The lowest BCUT2D eigenvalue weighted by atomic mass is 10.0. The van der Waals surface area contributed by atoms with E-state index in [9.17, 15) is 9.59 Å². The fourth-order valence-electron chi connectivity index (χ4n) is 2.72. The van der Waals surface area contributed by atoms with Crippen LogP contribution in [0.25, 0.3) is 0 Å². The van der Waals surface area contributed by atoms with Crippen molar-refractivity contribution in [3.8, 4) is 5.75 Å². The van der Waals surface area contributed by atoms with Crippen LogP contribution in [0.4, 0.5) is 0 Å². The first kappa shape index (κ1) is 20.5. The molecular weight excluding hydrogens is 342 g/mol. The molecule has 5 nitrogen and oxygen atoms in total. The summed E-state index contributed by atoms with van der Waals surface area (Å²) >= 11 is 0. The van der Waals surface area contributed by atoms with Gasteiger partial charge >= 0.3 is 5.97 Å². The molecule has 0 aliphatic carbocycles. The Morgan fingerprint density at radius 3 is 2.48 bits per heavy atom. The molecule has 0 saturated heterocycles. The maximum absolute atomic E-state index is 12.2. The van der Waals surface area contributed by atoms with E-state index in [4.69, 9.17) is 9.47 Å². The van der Waals surface area contributed by atoms with Crippen molar-refractivity contribution in [3.63, 3.8) is 0 Å².